The van der Waals surface area contributed by atoms with E-state index in [0.717, 1.165) is 76.7 Å². The van der Waals surface area contributed by atoms with Gasteiger partial charge in [0.25, 0.3) is 0 Å². The third kappa shape index (κ3) is 8.26. The zero-order chi connectivity index (χ0) is 22.4. The maximum Gasteiger partial charge on any atom is 0.191 e. The second-order valence-electron chi connectivity index (χ2n) is 8.69. The van der Waals surface area contributed by atoms with Gasteiger partial charge in [0.2, 0.25) is 0 Å². The molecule has 1 aliphatic rings. The number of hydrogen-bond donors (Lipinski definition) is 2. The Morgan fingerprint density at radius 1 is 1.09 bits per heavy atom. The smallest absolute Gasteiger partial charge is 0.191 e. The molecule has 2 heterocycles. The molecule has 32 heavy (non-hydrogen) atoms. The van der Waals surface area contributed by atoms with Gasteiger partial charge in [-0.3, -0.25) is 9.89 Å². The molecule has 0 radical (unpaired) electrons. The second kappa shape index (κ2) is 13.9. The molecule has 0 atom stereocenters. The average Bonchev–Trinajstić information content (AvgIpc) is 3.28. The van der Waals surface area contributed by atoms with Gasteiger partial charge >= 0.3 is 0 Å². The van der Waals surface area contributed by atoms with Crippen molar-refractivity contribution in [2.75, 3.05) is 26.2 Å². The number of guanidine groups is 1. The molecule has 0 saturated carbocycles. The Balaban J connectivity index is 1.46. The van der Waals surface area contributed by atoms with Crippen LogP contribution in [0.3, 0.4) is 0 Å². The minimum Gasteiger partial charge on any atom is -0.355 e. The van der Waals surface area contributed by atoms with E-state index >= 15 is 0 Å². The van der Waals surface area contributed by atoms with E-state index in [0.29, 0.717) is 6.04 Å². The monoisotopic (exact) mass is 439 g/mol. The molecule has 1 fully saturated rings. The second-order valence-corrected chi connectivity index (χ2v) is 8.69. The predicted molar refractivity (Wildman–Crippen MR) is 132 cm³/mol. The molecule has 1 aromatic carbocycles. The van der Waals surface area contributed by atoms with E-state index in [1.54, 1.807) is 0 Å². The van der Waals surface area contributed by atoms with Crippen LogP contribution in [0.4, 0.5) is 0 Å². The van der Waals surface area contributed by atoms with Gasteiger partial charge in [-0.1, -0.05) is 63.4 Å². The minimum absolute atomic E-state index is 0.477. The van der Waals surface area contributed by atoms with Crippen LogP contribution in [0, 0.1) is 0 Å². The molecule has 0 unspecified atom stereocenters. The zero-order valence-electron chi connectivity index (χ0n) is 20.0. The highest BCUT2D eigenvalue weighted by atomic mass is 15.3. The van der Waals surface area contributed by atoms with E-state index in [9.17, 15) is 0 Å². The van der Waals surface area contributed by atoms with E-state index < -0.39 is 0 Å². The molecular weight excluding hydrogens is 398 g/mol. The van der Waals surface area contributed by atoms with Gasteiger partial charge in [-0.15, -0.1) is 10.2 Å². The van der Waals surface area contributed by atoms with E-state index in [1.807, 2.05) is 6.33 Å². The molecular formula is C25H41N7. The summed E-state index contributed by atoms with van der Waals surface area (Å²) in [5.41, 5.74) is 1.40. The zero-order valence-corrected chi connectivity index (χ0v) is 20.0. The van der Waals surface area contributed by atoms with Crippen molar-refractivity contribution in [1.82, 2.24) is 30.3 Å². The van der Waals surface area contributed by atoms with Crippen molar-refractivity contribution in [3.8, 4) is 0 Å². The predicted octanol–water partition coefficient (Wildman–Crippen LogP) is 3.62. The Kier molecular flexibility index (Phi) is 10.5. The third-order valence-electron chi connectivity index (χ3n) is 6.12. The first-order valence-corrected chi connectivity index (χ1v) is 12.5. The molecule has 0 spiro atoms. The molecule has 7 heteroatoms. The van der Waals surface area contributed by atoms with Gasteiger partial charge in [-0.25, -0.2) is 0 Å². The number of nitrogens with zero attached hydrogens (tertiary/aromatic N) is 5. The van der Waals surface area contributed by atoms with Crippen molar-refractivity contribution in [1.29, 1.82) is 0 Å². The van der Waals surface area contributed by atoms with Gasteiger partial charge in [0.15, 0.2) is 5.96 Å². The fourth-order valence-electron chi connectivity index (χ4n) is 4.19. The van der Waals surface area contributed by atoms with Crippen molar-refractivity contribution in [2.24, 2.45) is 4.99 Å². The maximum absolute atomic E-state index is 4.88. The van der Waals surface area contributed by atoms with Gasteiger partial charge in [-0.05, 0) is 24.8 Å². The van der Waals surface area contributed by atoms with Crippen LogP contribution < -0.4 is 10.6 Å². The van der Waals surface area contributed by atoms with Crippen LogP contribution in [0.15, 0.2) is 41.7 Å². The number of rotatable bonds is 12. The van der Waals surface area contributed by atoms with Gasteiger partial charge in [0.05, 0.1) is 0 Å². The Morgan fingerprint density at radius 2 is 1.91 bits per heavy atom. The quantitative estimate of drug-likeness (QED) is 0.300. The molecule has 0 bridgehead atoms. The minimum atomic E-state index is 0.477. The fourth-order valence-corrected chi connectivity index (χ4v) is 4.19. The normalized spacial score (nSPS) is 15.8. The van der Waals surface area contributed by atoms with Crippen LogP contribution in [0.2, 0.25) is 0 Å². The number of hydrogen-bond acceptors (Lipinski definition) is 4. The third-order valence-corrected chi connectivity index (χ3v) is 6.12. The van der Waals surface area contributed by atoms with Crippen molar-refractivity contribution in [2.45, 2.75) is 77.9 Å². The van der Waals surface area contributed by atoms with Crippen molar-refractivity contribution in [3.63, 3.8) is 0 Å². The van der Waals surface area contributed by atoms with Crippen molar-refractivity contribution >= 4 is 5.96 Å². The lowest BCUT2D eigenvalue weighted by atomic mass is 10.0. The number of nitrogens with one attached hydrogen (secondary N) is 2. The molecule has 1 aliphatic heterocycles. The molecule has 176 valence electrons. The summed E-state index contributed by atoms with van der Waals surface area (Å²) in [4.78, 5) is 7.43. The van der Waals surface area contributed by atoms with E-state index in [-0.39, 0.29) is 0 Å². The summed E-state index contributed by atoms with van der Waals surface area (Å²) in [5.74, 6) is 1.98. The number of aromatic nitrogens is 3. The van der Waals surface area contributed by atoms with Crippen LogP contribution in [-0.4, -0.2) is 57.8 Å². The van der Waals surface area contributed by atoms with Crippen LogP contribution in [0.25, 0.3) is 0 Å². The molecule has 7 nitrogen and oxygen atoms in total. The van der Waals surface area contributed by atoms with E-state index in [2.05, 4.69) is 74.5 Å². The largest absolute Gasteiger partial charge is 0.355 e. The molecule has 2 aromatic rings. The highest BCUT2D eigenvalue weighted by Crippen LogP contribution is 2.14. The Morgan fingerprint density at radius 3 is 2.66 bits per heavy atom. The standard InChI is InChI=1S/C25H41N7/c1-3-5-6-10-15-26-25(27-16-19-32-21-28-30-24(32)4-2)29-23-13-17-31(18-14-23)20-22-11-8-7-9-12-22/h7-9,11-12,21,23H,3-6,10,13-20H2,1-2H3,(H2,26,27,29). The number of unbranched alkanes of at least 4 members (excludes halogenated alkanes) is 3. The molecule has 2 N–H and O–H groups in total. The van der Waals surface area contributed by atoms with Crippen LogP contribution in [0.1, 0.15) is 63.8 Å². The van der Waals surface area contributed by atoms with Gasteiger partial charge in [0.1, 0.15) is 12.2 Å². The lowest BCUT2D eigenvalue weighted by Gasteiger charge is -2.33. The van der Waals surface area contributed by atoms with E-state index in [4.69, 9.17) is 4.99 Å². The Hall–Kier alpha value is -2.41. The van der Waals surface area contributed by atoms with E-state index in [1.165, 1.54) is 24.8 Å². The number of aryl methyl sites for hydroxylation is 1. The number of piperidine rings is 1. The van der Waals surface area contributed by atoms with Crippen molar-refractivity contribution < 1.29 is 0 Å². The van der Waals surface area contributed by atoms with Crippen LogP contribution in [-0.2, 0) is 19.5 Å². The summed E-state index contributed by atoms with van der Waals surface area (Å²) in [6, 6.07) is 11.3. The number of aliphatic imine (C=N–C) groups is 1. The summed E-state index contributed by atoms with van der Waals surface area (Å²) in [6.45, 7) is 10.2. The summed E-state index contributed by atoms with van der Waals surface area (Å²) in [5, 5.41) is 15.5. The lowest BCUT2D eigenvalue weighted by Crippen LogP contribution is -2.49. The maximum atomic E-state index is 4.88. The van der Waals surface area contributed by atoms with Gasteiger partial charge in [-0.2, -0.15) is 0 Å². The van der Waals surface area contributed by atoms with Crippen molar-refractivity contribution in [3.05, 3.63) is 48.0 Å². The molecule has 0 amide bonds. The summed E-state index contributed by atoms with van der Waals surface area (Å²) in [6.07, 6.45) is 9.97. The first-order valence-electron chi connectivity index (χ1n) is 12.5. The van der Waals surface area contributed by atoms with Gasteiger partial charge < -0.3 is 15.2 Å². The number of likely N-dealkylation sites (tertiary alicyclic amines) is 1. The van der Waals surface area contributed by atoms with Gasteiger partial charge in [0, 0.05) is 51.7 Å². The highest BCUT2D eigenvalue weighted by molar-refractivity contribution is 5.80. The highest BCUT2D eigenvalue weighted by Gasteiger charge is 2.20. The summed E-state index contributed by atoms with van der Waals surface area (Å²) >= 11 is 0. The summed E-state index contributed by atoms with van der Waals surface area (Å²) in [7, 11) is 0. The lowest BCUT2D eigenvalue weighted by molar-refractivity contribution is 0.198. The average molecular weight is 440 g/mol. The first kappa shape index (κ1) is 24.2. The Bertz CT molecular complexity index is 779. The topological polar surface area (TPSA) is 70.4 Å². The summed E-state index contributed by atoms with van der Waals surface area (Å²) < 4.78 is 2.12. The molecule has 1 saturated heterocycles. The fraction of sp³-hybridized carbons (Fsp3) is 0.640. The van der Waals surface area contributed by atoms with Crippen LogP contribution in [0.5, 0.6) is 0 Å². The Labute approximate surface area is 193 Å². The SMILES string of the molecule is CCCCCCN=C(NCCn1cnnc1CC)NC1CCN(Cc2ccccc2)CC1. The number of benzene rings is 1. The first-order chi connectivity index (χ1) is 15.8. The molecule has 0 aliphatic carbocycles. The molecule has 1 aromatic heterocycles. The molecule has 3 rings (SSSR count). The van der Waals surface area contributed by atoms with Crippen LogP contribution >= 0.6 is 0 Å².